The molecule has 18 heavy (non-hydrogen) atoms. The first-order chi connectivity index (χ1) is 8.70. The van der Waals surface area contributed by atoms with Crippen LogP contribution >= 0.6 is 43.2 Å². The molecular formula is C13H14Br2N2S. The Morgan fingerprint density at radius 1 is 1.33 bits per heavy atom. The van der Waals surface area contributed by atoms with Crippen molar-refractivity contribution in [3.8, 4) is 0 Å². The fourth-order valence-corrected chi connectivity index (χ4v) is 3.78. The van der Waals surface area contributed by atoms with Crippen LogP contribution in [0.4, 0.5) is 0 Å². The van der Waals surface area contributed by atoms with Gasteiger partial charge in [-0.25, -0.2) is 0 Å². The Kier molecular flexibility index (Phi) is 5.36. The van der Waals surface area contributed by atoms with Crippen LogP contribution in [0, 0.1) is 0 Å². The van der Waals surface area contributed by atoms with E-state index in [4.69, 9.17) is 0 Å². The minimum absolute atomic E-state index is 0.773. The Bertz CT molecular complexity index is 525. The smallest absolute Gasteiger partial charge is 0.0684 e. The highest BCUT2D eigenvalue weighted by Gasteiger charge is 2.04. The average molecular weight is 390 g/mol. The molecule has 0 saturated heterocycles. The van der Waals surface area contributed by atoms with Gasteiger partial charge < -0.3 is 5.32 Å². The summed E-state index contributed by atoms with van der Waals surface area (Å²) in [5, 5.41) is 5.60. The van der Waals surface area contributed by atoms with Crippen molar-refractivity contribution in [1.82, 2.24) is 10.3 Å². The molecular weight excluding hydrogens is 376 g/mol. The largest absolute Gasteiger partial charge is 0.306 e. The lowest BCUT2D eigenvalue weighted by Crippen LogP contribution is -2.14. The molecule has 1 N–H and O–H groups in total. The lowest BCUT2D eigenvalue weighted by molar-refractivity contribution is 0.680. The summed E-state index contributed by atoms with van der Waals surface area (Å²) >= 11 is 8.74. The van der Waals surface area contributed by atoms with E-state index in [9.17, 15) is 0 Å². The summed E-state index contributed by atoms with van der Waals surface area (Å²) in [6.07, 6.45) is 2.92. The van der Waals surface area contributed by atoms with Gasteiger partial charge in [-0.3, -0.25) is 4.98 Å². The lowest BCUT2D eigenvalue weighted by Gasteiger charge is -2.06. The van der Waals surface area contributed by atoms with E-state index >= 15 is 0 Å². The van der Waals surface area contributed by atoms with Crippen molar-refractivity contribution in [1.29, 1.82) is 0 Å². The Balaban J connectivity index is 1.92. The van der Waals surface area contributed by atoms with Crippen LogP contribution in [0.2, 0.25) is 0 Å². The molecule has 0 aliphatic carbocycles. The maximum absolute atomic E-state index is 4.39. The fourth-order valence-electron chi connectivity index (χ4n) is 1.70. The summed E-state index contributed by atoms with van der Waals surface area (Å²) in [6, 6.07) is 4.22. The molecule has 0 aliphatic heterocycles. The van der Waals surface area contributed by atoms with Crippen LogP contribution in [0.1, 0.15) is 23.1 Å². The SMILES string of the molecule is CCc1ccsc1CNCc1ncc(Br)cc1Br. The molecule has 0 spiro atoms. The Hall–Kier alpha value is -0.230. The van der Waals surface area contributed by atoms with Crippen molar-refractivity contribution in [2.24, 2.45) is 0 Å². The maximum atomic E-state index is 4.39. The second kappa shape index (κ2) is 6.80. The summed E-state index contributed by atoms with van der Waals surface area (Å²) in [4.78, 5) is 5.81. The maximum Gasteiger partial charge on any atom is 0.0684 e. The highest BCUT2D eigenvalue weighted by atomic mass is 79.9. The van der Waals surface area contributed by atoms with Crippen molar-refractivity contribution in [3.05, 3.63) is 48.8 Å². The zero-order valence-electron chi connectivity index (χ0n) is 10.0. The van der Waals surface area contributed by atoms with E-state index in [1.165, 1.54) is 10.4 Å². The minimum Gasteiger partial charge on any atom is -0.306 e. The molecule has 0 fully saturated rings. The Morgan fingerprint density at radius 2 is 2.17 bits per heavy atom. The molecule has 0 unspecified atom stereocenters. The molecule has 2 aromatic heterocycles. The lowest BCUT2D eigenvalue weighted by atomic mass is 10.2. The molecule has 0 atom stereocenters. The van der Waals surface area contributed by atoms with E-state index in [1.54, 1.807) is 0 Å². The van der Waals surface area contributed by atoms with E-state index in [0.29, 0.717) is 0 Å². The van der Waals surface area contributed by atoms with Crippen LogP contribution < -0.4 is 5.32 Å². The van der Waals surface area contributed by atoms with Crippen molar-refractivity contribution >= 4 is 43.2 Å². The second-order valence-electron chi connectivity index (χ2n) is 3.91. The molecule has 0 amide bonds. The van der Waals surface area contributed by atoms with E-state index in [1.807, 2.05) is 23.6 Å². The third-order valence-corrected chi connectivity index (χ3v) is 4.76. The summed E-state index contributed by atoms with van der Waals surface area (Å²) in [6.45, 7) is 3.87. The van der Waals surface area contributed by atoms with Crippen molar-refractivity contribution < 1.29 is 0 Å². The second-order valence-corrected chi connectivity index (χ2v) is 6.68. The molecule has 0 saturated carbocycles. The molecule has 2 nitrogen and oxygen atoms in total. The van der Waals surface area contributed by atoms with Gasteiger partial charge in [0.15, 0.2) is 0 Å². The normalized spacial score (nSPS) is 10.8. The third kappa shape index (κ3) is 3.63. The molecule has 0 aromatic carbocycles. The van der Waals surface area contributed by atoms with Crippen molar-refractivity contribution in [2.45, 2.75) is 26.4 Å². The summed E-state index contributed by atoms with van der Waals surface area (Å²) in [5.74, 6) is 0. The first-order valence-electron chi connectivity index (χ1n) is 5.76. The number of rotatable bonds is 5. The first kappa shape index (κ1) is 14.2. The van der Waals surface area contributed by atoms with E-state index in [2.05, 4.69) is 60.5 Å². The molecule has 0 aliphatic rings. The van der Waals surface area contributed by atoms with Gasteiger partial charge in [0.25, 0.3) is 0 Å². The molecule has 2 heterocycles. The zero-order chi connectivity index (χ0) is 13.0. The number of halogens is 2. The summed E-state index contributed by atoms with van der Waals surface area (Å²) in [5.41, 5.74) is 2.48. The van der Waals surface area contributed by atoms with Gasteiger partial charge in [0.05, 0.1) is 5.69 Å². The van der Waals surface area contributed by atoms with Gasteiger partial charge in [0, 0.05) is 33.1 Å². The number of hydrogen-bond donors (Lipinski definition) is 1. The molecule has 5 heteroatoms. The molecule has 0 radical (unpaired) electrons. The average Bonchev–Trinajstić information content (AvgIpc) is 2.79. The van der Waals surface area contributed by atoms with Gasteiger partial charge in [-0.1, -0.05) is 6.92 Å². The number of aryl methyl sites for hydroxylation is 1. The van der Waals surface area contributed by atoms with Crippen LogP contribution in [0.3, 0.4) is 0 Å². The van der Waals surface area contributed by atoms with Gasteiger partial charge in [0.2, 0.25) is 0 Å². The van der Waals surface area contributed by atoms with Gasteiger partial charge in [0.1, 0.15) is 0 Å². The highest BCUT2D eigenvalue weighted by molar-refractivity contribution is 9.11. The van der Waals surface area contributed by atoms with E-state index in [-0.39, 0.29) is 0 Å². The van der Waals surface area contributed by atoms with Crippen molar-refractivity contribution in [2.75, 3.05) is 0 Å². The summed E-state index contributed by atoms with van der Waals surface area (Å²) < 4.78 is 2.02. The van der Waals surface area contributed by atoms with Gasteiger partial charge in [-0.05, 0) is 61.4 Å². The topological polar surface area (TPSA) is 24.9 Å². The number of hydrogen-bond acceptors (Lipinski definition) is 3. The number of pyridine rings is 1. The monoisotopic (exact) mass is 388 g/mol. The van der Waals surface area contributed by atoms with E-state index < -0.39 is 0 Å². The minimum atomic E-state index is 0.773. The molecule has 2 aromatic rings. The first-order valence-corrected chi connectivity index (χ1v) is 8.23. The van der Waals surface area contributed by atoms with E-state index in [0.717, 1.165) is 34.1 Å². The van der Waals surface area contributed by atoms with Crippen molar-refractivity contribution in [3.63, 3.8) is 0 Å². The zero-order valence-corrected chi connectivity index (χ0v) is 14.0. The predicted molar refractivity (Wildman–Crippen MR) is 83.9 cm³/mol. The van der Waals surface area contributed by atoms with Crippen LogP contribution in [0.5, 0.6) is 0 Å². The summed E-state index contributed by atoms with van der Waals surface area (Å²) in [7, 11) is 0. The Morgan fingerprint density at radius 3 is 2.89 bits per heavy atom. The highest BCUT2D eigenvalue weighted by Crippen LogP contribution is 2.20. The van der Waals surface area contributed by atoms with Crippen LogP contribution in [-0.4, -0.2) is 4.98 Å². The van der Waals surface area contributed by atoms with Gasteiger partial charge in [-0.2, -0.15) is 0 Å². The third-order valence-electron chi connectivity index (χ3n) is 2.68. The fraction of sp³-hybridized carbons (Fsp3) is 0.308. The van der Waals surface area contributed by atoms with Crippen LogP contribution in [0.25, 0.3) is 0 Å². The predicted octanol–water partition coefficient (Wildman–Crippen LogP) is 4.52. The van der Waals surface area contributed by atoms with Gasteiger partial charge >= 0.3 is 0 Å². The molecule has 96 valence electrons. The standard InChI is InChI=1S/C13H14Br2N2S/c1-2-9-3-4-18-13(9)8-16-7-12-11(15)5-10(14)6-17-12/h3-6,16H,2,7-8H2,1H3. The molecule has 2 rings (SSSR count). The van der Waals surface area contributed by atoms with Gasteiger partial charge in [-0.15, -0.1) is 11.3 Å². The molecule has 0 bridgehead atoms. The quantitative estimate of drug-likeness (QED) is 0.812. The van der Waals surface area contributed by atoms with Crippen LogP contribution in [0.15, 0.2) is 32.7 Å². The van der Waals surface area contributed by atoms with Crippen LogP contribution in [-0.2, 0) is 19.5 Å². The number of thiophene rings is 1. The number of nitrogens with zero attached hydrogens (tertiary/aromatic N) is 1. The number of aromatic nitrogens is 1. The Labute approximate surface area is 128 Å². The number of nitrogens with one attached hydrogen (secondary N) is 1.